The lowest BCUT2D eigenvalue weighted by Gasteiger charge is -1.95. The number of hydrogen-bond donors (Lipinski definition) is 1. The number of rotatable bonds is 2. The molecule has 1 saturated carbocycles. The van der Waals surface area contributed by atoms with Crippen molar-refractivity contribution in [2.24, 2.45) is 17.3 Å². The minimum absolute atomic E-state index is 0.0594. The topological polar surface area (TPSA) is 37.3 Å². The molecular weight excluding hydrogens is 208 g/mol. The van der Waals surface area contributed by atoms with Crippen LogP contribution < -0.4 is 0 Å². The van der Waals surface area contributed by atoms with Crippen LogP contribution >= 0.6 is 15.9 Å². The zero-order valence-corrected chi connectivity index (χ0v) is 8.13. The summed E-state index contributed by atoms with van der Waals surface area (Å²) >= 11 is 3.14. The summed E-state index contributed by atoms with van der Waals surface area (Å²) in [4.78, 5) is 12.4. The third-order valence-corrected chi connectivity index (χ3v) is 2.76. The molecule has 0 aromatic rings. The van der Waals surface area contributed by atoms with E-state index < -0.39 is 5.97 Å². The lowest BCUT2D eigenvalue weighted by Crippen LogP contribution is -2.02. The van der Waals surface area contributed by atoms with E-state index in [1.165, 1.54) is 0 Å². The van der Waals surface area contributed by atoms with Crippen LogP contribution in [-0.2, 0) is 4.79 Å². The van der Waals surface area contributed by atoms with E-state index in [1.54, 1.807) is 4.99 Å². The van der Waals surface area contributed by atoms with Crippen LogP contribution in [0.2, 0.25) is 0 Å². The van der Waals surface area contributed by atoms with Crippen LogP contribution in [0.1, 0.15) is 13.8 Å². The Morgan fingerprint density at radius 3 is 2.45 bits per heavy atom. The second kappa shape index (κ2) is 2.63. The van der Waals surface area contributed by atoms with Gasteiger partial charge in [-0.1, -0.05) is 35.9 Å². The molecule has 0 aromatic heterocycles. The van der Waals surface area contributed by atoms with E-state index in [0.717, 1.165) is 0 Å². The fourth-order valence-corrected chi connectivity index (χ4v) is 1.92. The van der Waals surface area contributed by atoms with Gasteiger partial charge in [-0.05, 0) is 16.3 Å². The van der Waals surface area contributed by atoms with Crippen molar-refractivity contribution in [2.45, 2.75) is 13.8 Å². The zero-order valence-electron chi connectivity index (χ0n) is 6.54. The second-order valence-electron chi connectivity index (χ2n) is 3.48. The quantitative estimate of drug-likeness (QED) is 0.773. The summed E-state index contributed by atoms with van der Waals surface area (Å²) in [5.41, 5.74) is -0.0594. The van der Waals surface area contributed by atoms with Crippen LogP contribution in [0.3, 0.4) is 0 Å². The Morgan fingerprint density at radius 2 is 2.18 bits per heavy atom. The Labute approximate surface area is 74.4 Å². The summed E-state index contributed by atoms with van der Waals surface area (Å²) in [5, 5.41) is 8.74. The molecule has 1 rings (SSSR count). The SMILES string of the molecule is CC1(C)[C@H](C=CBr)[C@H]1C(=O)O. The van der Waals surface area contributed by atoms with Crippen molar-refractivity contribution >= 4 is 21.9 Å². The molecule has 0 aliphatic heterocycles. The summed E-state index contributed by atoms with van der Waals surface area (Å²) in [5.74, 6) is -0.693. The highest BCUT2D eigenvalue weighted by Gasteiger charge is 2.60. The van der Waals surface area contributed by atoms with Gasteiger partial charge in [-0.25, -0.2) is 0 Å². The normalized spacial score (nSPS) is 34.1. The van der Waals surface area contributed by atoms with Crippen LogP contribution in [0.5, 0.6) is 0 Å². The number of carboxylic acids is 1. The Kier molecular flexibility index (Phi) is 2.10. The first-order valence-corrected chi connectivity index (χ1v) is 4.43. The molecule has 1 aliphatic carbocycles. The van der Waals surface area contributed by atoms with Gasteiger partial charge < -0.3 is 5.11 Å². The van der Waals surface area contributed by atoms with Crippen molar-refractivity contribution in [3.63, 3.8) is 0 Å². The van der Waals surface area contributed by atoms with E-state index in [2.05, 4.69) is 15.9 Å². The van der Waals surface area contributed by atoms with Crippen LogP contribution in [0.25, 0.3) is 0 Å². The first-order chi connectivity index (χ1) is 5.01. The van der Waals surface area contributed by atoms with Crippen molar-refractivity contribution in [3.8, 4) is 0 Å². The Bertz CT molecular complexity index is 208. The van der Waals surface area contributed by atoms with Gasteiger partial charge in [0.1, 0.15) is 0 Å². The maximum atomic E-state index is 10.6. The summed E-state index contributed by atoms with van der Waals surface area (Å²) < 4.78 is 0. The molecule has 0 aromatic carbocycles. The third-order valence-electron chi connectivity index (χ3n) is 2.46. The second-order valence-corrected chi connectivity index (χ2v) is 4.01. The first-order valence-electron chi connectivity index (χ1n) is 3.51. The highest BCUT2D eigenvalue weighted by Crippen LogP contribution is 2.59. The molecule has 3 heteroatoms. The van der Waals surface area contributed by atoms with Crippen molar-refractivity contribution in [1.29, 1.82) is 0 Å². The molecule has 1 N–H and O–H groups in total. The minimum atomic E-state index is -0.689. The largest absolute Gasteiger partial charge is 0.481 e. The van der Waals surface area contributed by atoms with Crippen LogP contribution in [0.4, 0.5) is 0 Å². The van der Waals surface area contributed by atoms with E-state index in [4.69, 9.17) is 5.11 Å². The average molecular weight is 219 g/mol. The zero-order chi connectivity index (χ0) is 8.65. The number of hydrogen-bond acceptors (Lipinski definition) is 1. The van der Waals surface area contributed by atoms with Gasteiger partial charge >= 0.3 is 5.97 Å². The molecule has 0 amide bonds. The van der Waals surface area contributed by atoms with Gasteiger partial charge in [0.2, 0.25) is 0 Å². The van der Waals surface area contributed by atoms with E-state index in [1.807, 2.05) is 19.9 Å². The average Bonchev–Trinajstić information content (AvgIpc) is 2.35. The van der Waals surface area contributed by atoms with Crippen LogP contribution in [-0.4, -0.2) is 11.1 Å². The number of carboxylic acid groups (broad SMARTS) is 1. The molecule has 1 fully saturated rings. The molecule has 0 heterocycles. The molecule has 0 unspecified atom stereocenters. The Hall–Kier alpha value is -0.310. The molecule has 1 aliphatic rings. The lowest BCUT2D eigenvalue weighted by atomic mass is 10.1. The Morgan fingerprint density at radius 1 is 1.64 bits per heavy atom. The van der Waals surface area contributed by atoms with Gasteiger partial charge in [-0.2, -0.15) is 0 Å². The van der Waals surface area contributed by atoms with Crippen LogP contribution in [0, 0.1) is 17.3 Å². The highest BCUT2D eigenvalue weighted by molar-refractivity contribution is 9.11. The predicted molar refractivity (Wildman–Crippen MR) is 46.5 cm³/mol. The van der Waals surface area contributed by atoms with Gasteiger partial charge in [-0.15, -0.1) is 0 Å². The molecule has 0 saturated heterocycles. The van der Waals surface area contributed by atoms with Crippen LogP contribution in [0.15, 0.2) is 11.1 Å². The van der Waals surface area contributed by atoms with Gasteiger partial charge in [0, 0.05) is 0 Å². The molecule has 2 nitrogen and oxygen atoms in total. The van der Waals surface area contributed by atoms with Gasteiger partial charge in [0.15, 0.2) is 0 Å². The molecule has 0 radical (unpaired) electrons. The van der Waals surface area contributed by atoms with E-state index in [9.17, 15) is 4.79 Å². The number of allylic oxidation sites excluding steroid dienone is 1. The summed E-state index contributed by atoms with van der Waals surface area (Å²) in [6.07, 6.45) is 1.90. The van der Waals surface area contributed by atoms with Gasteiger partial charge in [-0.3, -0.25) is 4.79 Å². The van der Waals surface area contributed by atoms with Crippen molar-refractivity contribution in [1.82, 2.24) is 0 Å². The summed E-state index contributed by atoms with van der Waals surface area (Å²) in [7, 11) is 0. The fourth-order valence-electron chi connectivity index (χ4n) is 1.59. The van der Waals surface area contributed by atoms with Crippen molar-refractivity contribution in [2.75, 3.05) is 0 Å². The molecule has 11 heavy (non-hydrogen) atoms. The fraction of sp³-hybridized carbons (Fsp3) is 0.625. The maximum Gasteiger partial charge on any atom is 0.307 e. The first kappa shape index (κ1) is 8.78. The predicted octanol–water partition coefficient (Wildman–Crippen LogP) is 2.25. The standard InChI is InChI=1S/C8H11BrO2/c1-8(2)5(3-4-9)6(8)7(10)11/h3-6H,1-2H3,(H,10,11)/t5-,6+/m1/s1. The van der Waals surface area contributed by atoms with Crippen molar-refractivity contribution < 1.29 is 9.90 Å². The summed E-state index contributed by atoms with van der Waals surface area (Å²) in [6.45, 7) is 3.95. The Balaban J connectivity index is 2.68. The monoisotopic (exact) mass is 218 g/mol. The van der Waals surface area contributed by atoms with Gasteiger partial charge in [0.05, 0.1) is 5.92 Å². The molecular formula is C8H11BrO2. The maximum absolute atomic E-state index is 10.6. The molecule has 62 valence electrons. The number of aliphatic carboxylic acids is 1. The minimum Gasteiger partial charge on any atom is -0.481 e. The van der Waals surface area contributed by atoms with E-state index in [-0.39, 0.29) is 17.3 Å². The van der Waals surface area contributed by atoms with E-state index in [0.29, 0.717) is 0 Å². The molecule has 0 bridgehead atoms. The lowest BCUT2D eigenvalue weighted by molar-refractivity contribution is -0.139. The molecule has 0 spiro atoms. The third kappa shape index (κ3) is 1.34. The number of halogens is 1. The van der Waals surface area contributed by atoms with Gasteiger partial charge in [0.25, 0.3) is 0 Å². The van der Waals surface area contributed by atoms with E-state index >= 15 is 0 Å². The number of carbonyl (C=O) groups is 1. The smallest absolute Gasteiger partial charge is 0.307 e. The highest BCUT2D eigenvalue weighted by atomic mass is 79.9. The van der Waals surface area contributed by atoms with Crippen molar-refractivity contribution in [3.05, 3.63) is 11.1 Å². The molecule has 2 atom stereocenters. The summed E-state index contributed by atoms with van der Waals surface area (Å²) in [6, 6.07) is 0.